The van der Waals surface area contributed by atoms with Gasteiger partial charge in [0.15, 0.2) is 0 Å². The normalized spacial score (nSPS) is 16.1. The minimum Gasteiger partial charge on any atom is -0.369 e. The van der Waals surface area contributed by atoms with E-state index in [1.165, 1.54) is 11.3 Å². The first kappa shape index (κ1) is 20.7. The summed E-state index contributed by atoms with van der Waals surface area (Å²) in [7, 11) is 0. The van der Waals surface area contributed by atoms with Crippen LogP contribution in [-0.4, -0.2) is 48.8 Å². The molecular weight excluding hydrogens is 366 g/mol. The maximum Gasteiger partial charge on any atom is 0.237 e. The first-order chi connectivity index (χ1) is 13.5. The molecule has 1 atom stereocenters. The van der Waals surface area contributed by atoms with Crippen LogP contribution in [0.5, 0.6) is 0 Å². The third-order valence-electron chi connectivity index (χ3n) is 5.36. The Balaban J connectivity index is 1.59. The molecule has 5 heteroatoms. The highest BCUT2D eigenvalue weighted by Crippen LogP contribution is 2.27. The van der Waals surface area contributed by atoms with Gasteiger partial charge in [-0.2, -0.15) is 0 Å². The summed E-state index contributed by atoms with van der Waals surface area (Å²) in [6.45, 7) is 13.8. The van der Waals surface area contributed by atoms with E-state index in [2.05, 4.69) is 72.3 Å². The van der Waals surface area contributed by atoms with Crippen molar-refractivity contribution in [1.82, 2.24) is 4.90 Å². The fraction of sp³-hybridized carbons (Fsp3) is 0.435. The Morgan fingerprint density at radius 1 is 1.07 bits per heavy atom. The Kier molecular flexibility index (Phi) is 7.03. The maximum atomic E-state index is 12.6. The number of nitrogens with zero attached hydrogens (tertiary/aromatic N) is 2. The highest BCUT2D eigenvalue weighted by molar-refractivity contribution is 8.00. The number of likely N-dealkylation sites (N-methyl/N-ethyl adjacent to an activating group) is 1. The number of carbonyl (C=O) groups excluding carboxylic acids is 1. The number of thioether (sulfide) groups is 1. The van der Waals surface area contributed by atoms with E-state index < -0.39 is 0 Å². The molecule has 1 aliphatic rings. The highest BCUT2D eigenvalue weighted by Gasteiger charge is 2.18. The molecule has 0 radical (unpaired) electrons. The summed E-state index contributed by atoms with van der Waals surface area (Å²) in [5, 5.41) is 2.95. The molecule has 150 valence electrons. The van der Waals surface area contributed by atoms with Crippen LogP contribution in [0.3, 0.4) is 0 Å². The summed E-state index contributed by atoms with van der Waals surface area (Å²) in [6.07, 6.45) is 0. The molecular formula is C23H31N3OS. The Hall–Kier alpha value is -1.98. The van der Waals surface area contributed by atoms with Crippen LogP contribution >= 0.6 is 11.8 Å². The highest BCUT2D eigenvalue weighted by atomic mass is 32.2. The van der Waals surface area contributed by atoms with Gasteiger partial charge in [-0.25, -0.2) is 0 Å². The average molecular weight is 398 g/mol. The number of benzene rings is 2. The van der Waals surface area contributed by atoms with Gasteiger partial charge in [0.25, 0.3) is 0 Å². The number of piperazine rings is 1. The van der Waals surface area contributed by atoms with Crippen LogP contribution in [0, 0.1) is 13.8 Å². The third kappa shape index (κ3) is 5.30. The summed E-state index contributed by atoms with van der Waals surface area (Å²) in [4.78, 5) is 18.7. The average Bonchev–Trinajstić information content (AvgIpc) is 2.71. The van der Waals surface area contributed by atoms with Gasteiger partial charge in [-0.1, -0.05) is 24.6 Å². The predicted octanol–water partition coefficient (Wildman–Crippen LogP) is 4.56. The van der Waals surface area contributed by atoms with E-state index >= 15 is 0 Å². The summed E-state index contributed by atoms with van der Waals surface area (Å²) < 4.78 is 0. The van der Waals surface area contributed by atoms with Gasteiger partial charge in [-0.15, -0.1) is 11.8 Å². The summed E-state index contributed by atoms with van der Waals surface area (Å²) >= 11 is 1.59. The molecule has 1 unspecified atom stereocenters. The first-order valence-electron chi connectivity index (χ1n) is 10.1. The number of anilines is 2. The van der Waals surface area contributed by atoms with Crippen molar-refractivity contribution in [2.24, 2.45) is 0 Å². The molecule has 1 N–H and O–H groups in total. The molecule has 3 rings (SSSR count). The Labute approximate surface area is 173 Å². The summed E-state index contributed by atoms with van der Waals surface area (Å²) in [5.41, 5.74) is 4.48. The van der Waals surface area contributed by atoms with Gasteiger partial charge in [0.1, 0.15) is 0 Å². The molecule has 1 amide bonds. The predicted molar refractivity (Wildman–Crippen MR) is 121 cm³/mol. The zero-order valence-electron chi connectivity index (χ0n) is 17.4. The van der Waals surface area contributed by atoms with Crippen molar-refractivity contribution in [2.75, 3.05) is 42.9 Å². The number of hydrogen-bond acceptors (Lipinski definition) is 4. The lowest BCUT2D eigenvalue weighted by atomic mass is 10.1. The van der Waals surface area contributed by atoms with Crippen molar-refractivity contribution >= 4 is 29.0 Å². The second-order valence-corrected chi connectivity index (χ2v) is 8.90. The second kappa shape index (κ2) is 9.48. The minimum atomic E-state index is -0.149. The Morgan fingerprint density at radius 2 is 1.75 bits per heavy atom. The van der Waals surface area contributed by atoms with Gasteiger partial charge in [0.2, 0.25) is 5.91 Å². The molecule has 0 aromatic heterocycles. The van der Waals surface area contributed by atoms with Gasteiger partial charge in [-0.05, 0) is 63.2 Å². The lowest BCUT2D eigenvalue weighted by molar-refractivity contribution is -0.115. The number of hydrogen-bond donors (Lipinski definition) is 1. The van der Waals surface area contributed by atoms with Crippen LogP contribution in [0.25, 0.3) is 0 Å². The van der Waals surface area contributed by atoms with Crippen molar-refractivity contribution < 1.29 is 4.79 Å². The van der Waals surface area contributed by atoms with E-state index in [1.54, 1.807) is 11.8 Å². The Morgan fingerprint density at radius 3 is 2.36 bits per heavy atom. The van der Waals surface area contributed by atoms with Gasteiger partial charge in [-0.3, -0.25) is 4.79 Å². The molecule has 2 aromatic carbocycles. The van der Waals surface area contributed by atoms with Crippen LogP contribution in [-0.2, 0) is 4.79 Å². The van der Waals surface area contributed by atoms with Crippen LogP contribution in [0.1, 0.15) is 25.0 Å². The molecule has 0 aliphatic carbocycles. The molecule has 2 aromatic rings. The molecule has 0 saturated carbocycles. The minimum absolute atomic E-state index is 0.0398. The van der Waals surface area contributed by atoms with E-state index in [4.69, 9.17) is 0 Å². The molecule has 1 fully saturated rings. The van der Waals surface area contributed by atoms with Crippen molar-refractivity contribution in [1.29, 1.82) is 0 Å². The third-order valence-corrected chi connectivity index (χ3v) is 6.47. The first-order valence-corrected chi connectivity index (χ1v) is 11.0. The van der Waals surface area contributed by atoms with E-state index in [0.29, 0.717) is 0 Å². The molecule has 0 spiro atoms. The van der Waals surface area contributed by atoms with Crippen LogP contribution in [0.2, 0.25) is 0 Å². The number of amides is 1. The summed E-state index contributed by atoms with van der Waals surface area (Å²) in [5.74, 6) is 0.0398. The number of carbonyl (C=O) groups is 1. The van der Waals surface area contributed by atoms with Gasteiger partial charge < -0.3 is 15.1 Å². The Bertz CT molecular complexity index is 798. The van der Waals surface area contributed by atoms with E-state index in [9.17, 15) is 4.79 Å². The molecule has 0 bridgehead atoms. The fourth-order valence-corrected chi connectivity index (χ4v) is 4.28. The van der Waals surface area contributed by atoms with Crippen LogP contribution in [0.4, 0.5) is 11.4 Å². The fourth-order valence-electron chi connectivity index (χ4n) is 3.42. The second-order valence-electron chi connectivity index (χ2n) is 7.48. The summed E-state index contributed by atoms with van der Waals surface area (Å²) in [6, 6.07) is 14.7. The zero-order chi connectivity index (χ0) is 20.1. The lowest BCUT2D eigenvalue weighted by Crippen LogP contribution is -2.46. The largest absolute Gasteiger partial charge is 0.369 e. The number of aryl methyl sites for hydroxylation is 2. The molecule has 28 heavy (non-hydrogen) atoms. The molecule has 1 aliphatic heterocycles. The van der Waals surface area contributed by atoms with Crippen LogP contribution in [0.15, 0.2) is 47.4 Å². The smallest absolute Gasteiger partial charge is 0.237 e. The standard InChI is InChI=1S/C23H31N3OS/c1-5-25-12-14-26(15-13-25)20-8-11-22(18(3)16-20)24-23(27)19(4)28-21-9-6-17(2)7-10-21/h6-11,16,19H,5,12-15H2,1-4H3,(H,24,27). The van der Waals surface area contributed by atoms with Crippen molar-refractivity contribution in [3.05, 3.63) is 53.6 Å². The lowest BCUT2D eigenvalue weighted by Gasteiger charge is -2.35. The SMILES string of the molecule is CCN1CCN(c2ccc(NC(=O)C(C)Sc3ccc(C)cc3)c(C)c2)CC1. The monoisotopic (exact) mass is 397 g/mol. The molecule has 1 saturated heterocycles. The van der Waals surface area contributed by atoms with E-state index in [0.717, 1.165) is 48.9 Å². The van der Waals surface area contributed by atoms with E-state index in [-0.39, 0.29) is 11.2 Å². The van der Waals surface area contributed by atoms with Crippen LogP contribution < -0.4 is 10.2 Å². The zero-order valence-corrected chi connectivity index (χ0v) is 18.2. The maximum absolute atomic E-state index is 12.6. The van der Waals surface area contributed by atoms with Gasteiger partial charge in [0.05, 0.1) is 5.25 Å². The van der Waals surface area contributed by atoms with Crippen molar-refractivity contribution in [2.45, 2.75) is 37.8 Å². The number of rotatable bonds is 6. The topological polar surface area (TPSA) is 35.6 Å². The van der Waals surface area contributed by atoms with Gasteiger partial charge in [0, 0.05) is 42.4 Å². The van der Waals surface area contributed by atoms with Crippen molar-refractivity contribution in [3.63, 3.8) is 0 Å². The van der Waals surface area contributed by atoms with Gasteiger partial charge >= 0.3 is 0 Å². The molecule has 4 nitrogen and oxygen atoms in total. The van der Waals surface area contributed by atoms with Crippen molar-refractivity contribution in [3.8, 4) is 0 Å². The van der Waals surface area contributed by atoms with E-state index in [1.807, 2.05) is 13.0 Å². The quantitative estimate of drug-likeness (QED) is 0.725. The molecule has 1 heterocycles. The number of nitrogens with one attached hydrogen (secondary N) is 1.